The van der Waals surface area contributed by atoms with Crippen molar-refractivity contribution >= 4 is 16.9 Å². The van der Waals surface area contributed by atoms with E-state index >= 15 is 0 Å². The molecule has 0 spiro atoms. The van der Waals surface area contributed by atoms with E-state index in [0.29, 0.717) is 25.9 Å². The Bertz CT molecular complexity index is 1530. The number of amides is 1. The minimum atomic E-state index is -2.91. The molecule has 1 atom stereocenters. The normalized spacial score (nSPS) is 18.7. The first-order valence-electron chi connectivity index (χ1n) is 13.7. The predicted molar refractivity (Wildman–Crippen MR) is 145 cm³/mol. The van der Waals surface area contributed by atoms with Crippen molar-refractivity contribution in [3.63, 3.8) is 0 Å². The second-order valence-electron chi connectivity index (χ2n) is 10.7. The van der Waals surface area contributed by atoms with E-state index < -0.39 is 24.2 Å². The highest BCUT2D eigenvalue weighted by Gasteiger charge is 2.40. The molecule has 0 bridgehead atoms. The van der Waals surface area contributed by atoms with Crippen molar-refractivity contribution in [2.75, 3.05) is 39.3 Å². The SMILES string of the molecule is NCC(CN1CCC(Oc2cc(F)cc(C(=O)N3CCC(F)(F)C3)c2)CC1)n1cc(-c2ncnc3[nH]ccc23)cn1. The molecule has 3 aromatic heterocycles. The summed E-state index contributed by atoms with van der Waals surface area (Å²) in [6.45, 7) is 1.89. The van der Waals surface area contributed by atoms with Crippen molar-refractivity contribution in [2.24, 2.45) is 5.73 Å². The number of halogens is 3. The number of aromatic nitrogens is 5. The molecule has 1 amide bonds. The van der Waals surface area contributed by atoms with Crippen LogP contribution in [0.15, 0.2) is 49.2 Å². The minimum absolute atomic E-state index is 0.0127. The number of alkyl halides is 2. The number of nitrogens with two attached hydrogens (primary N) is 1. The van der Waals surface area contributed by atoms with Gasteiger partial charge in [0, 0.05) is 74.1 Å². The van der Waals surface area contributed by atoms with E-state index in [1.54, 1.807) is 6.20 Å². The van der Waals surface area contributed by atoms with Gasteiger partial charge in [-0.2, -0.15) is 5.10 Å². The molecule has 0 aliphatic carbocycles. The molecule has 2 saturated heterocycles. The summed E-state index contributed by atoms with van der Waals surface area (Å²) in [5.74, 6) is -3.95. The number of nitrogens with zero attached hydrogens (tertiary/aromatic N) is 6. The molecule has 4 aromatic rings. The standard InChI is InChI=1S/C28H31F3N8O2/c29-20-9-18(27(40)38-8-4-28(30,31)16-38)10-23(11-20)41-22-2-6-37(7-3-22)15-21(12-32)39-14-19(13-36-39)25-24-1-5-33-26(24)35-17-34-25/h1,5,9-11,13-14,17,21-22H,2-4,6-8,12,15-16,32H2,(H,33,34,35). The smallest absolute Gasteiger partial charge is 0.267 e. The van der Waals surface area contributed by atoms with Crippen molar-refractivity contribution in [3.05, 3.63) is 60.6 Å². The maximum Gasteiger partial charge on any atom is 0.267 e. The van der Waals surface area contributed by atoms with Crippen molar-refractivity contribution in [2.45, 2.75) is 37.3 Å². The fourth-order valence-corrected chi connectivity index (χ4v) is 5.57. The maximum atomic E-state index is 14.3. The van der Waals surface area contributed by atoms with Crippen LogP contribution in [0.25, 0.3) is 22.3 Å². The van der Waals surface area contributed by atoms with Gasteiger partial charge in [-0.15, -0.1) is 0 Å². The van der Waals surface area contributed by atoms with Crippen LogP contribution in [0, 0.1) is 5.82 Å². The largest absolute Gasteiger partial charge is 0.490 e. The molecular weight excluding hydrogens is 537 g/mol. The Morgan fingerprint density at radius 3 is 2.78 bits per heavy atom. The zero-order valence-electron chi connectivity index (χ0n) is 22.3. The van der Waals surface area contributed by atoms with Gasteiger partial charge in [0.05, 0.1) is 24.5 Å². The molecule has 1 unspecified atom stereocenters. The van der Waals surface area contributed by atoms with Gasteiger partial charge in [-0.1, -0.05) is 0 Å². The van der Waals surface area contributed by atoms with E-state index in [1.807, 2.05) is 23.1 Å². The van der Waals surface area contributed by atoms with Crippen LogP contribution in [-0.4, -0.2) is 91.7 Å². The fourth-order valence-electron chi connectivity index (χ4n) is 5.57. The third-order valence-corrected chi connectivity index (χ3v) is 7.76. The molecule has 2 aliphatic rings. The zero-order valence-corrected chi connectivity index (χ0v) is 22.3. The van der Waals surface area contributed by atoms with Crippen LogP contribution in [0.1, 0.15) is 35.7 Å². The molecule has 2 aliphatic heterocycles. The van der Waals surface area contributed by atoms with Gasteiger partial charge in [0.15, 0.2) is 0 Å². The van der Waals surface area contributed by atoms with Crippen molar-refractivity contribution in [3.8, 4) is 17.0 Å². The first-order valence-corrected chi connectivity index (χ1v) is 13.7. The molecule has 0 saturated carbocycles. The van der Waals surface area contributed by atoms with Crippen LogP contribution in [-0.2, 0) is 0 Å². The van der Waals surface area contributed by atoms with Crippen LogP contribution in [0.2, 0.25) is 0 Å². The highest BCUT2D eigenvalue weighted by atomic mass is 19.3. The summed E-state index contributed by atoms with van der Waals surface area (Å²) >= 11 is 0. The van der Waals surface area contributed by atoms with Gasteiger partial charge in [0.25, 0.3) is 11.8 Å². The summed E-state index contributed by atoms with van der Waals surface area (Å²) < 4.78 is 49.4. The van der Waals surface area contributed by atoms with Gasteiger partial charge in [-0.05, 0) is 31.0 Å². The van der Waals surface area contributed by atoms with E-state index in [1.165, 1.54) is 18.5 Å². The van der Waals surface area contributed by atoms with Crippen LogP contribution in [0.3, 0.4) is 0 Å². The number of ether oxygens (including phenoxy) is 1. The Morgan fingerprint density at radius 2 is 2.02 bits per heavy atom. The first kappa shape index (κ1) is 27.2. The number of piperidine rings is 1. The van der Waals surface area contributed by atoms with Gasteiger partial charge >= 0.3 is 0 Å². The average molecular weight is 569 g/mol. The van der Waals surface area contributed by atoms with E-state index in [2.05, 4.69) is 25.0 Å². The lowest BCUT2D eigenvalue weighted by atomic mass is 10.1. The lowest BCUT2D eigenvalue weighted by Crippen LogP contribution is -2.42. The van der Waals surface area contributed by atoms with Gasteiger partial charge in [0.1, 0.15) is 29.6 Å². The number of H-pyrrole nitrogens is 1. The molecule has 216 valence electrons. The number of benzene rings is 1. The molecule has 1 aromatic carbocycles. The monoisotopic (exact) mass is 568 g/mol. The van der Waals surface area contributed by atoms with Crippen molar-refractivity contribution in [1.82, 2.24) is 34.5 Å². The first-order chi connectivity index (χ1) is 19.8. The number of nitrogens with one attached hydrogen (secondary N) is 1. The summed E-state index contributed by atoms with van der Waals surface area (Å²) in [6.07, 6.45) is 7.93. The summed E-state index contributed by atoms with van der Waals surface area (Å²) in [7, 11) is 0. The molecule has 5 heterocycles. The molecule has 13 heteroatoms. The average Bonchev–Trinajstić information content (AvgIpc) is 3.71. The number of likely N-dealkylation sites (tertiary alicyclic amines) is 2. The van der Waals surface area contributed by atoms with E-state index in [4.69, 9.17) is 10.5 Å². The van der Waals surface area contributed by atoms with Gasteiger partial charge < -0.3 is 25.3 Å². The Hall–Kier alpha value is -3.97. The number of carbonyl (C=O) groups is 1. The van der Waals surface area contributed by atoms with E-state index in [9.17, 15) is 18.0 Å². The van der Waals surface area contributed by atoms with Crippen LogP contribution >= 0.6 is 0 Å². The number of aromatic amines is 1. The zero-order chi connectivity index (χ0) is 28.6. The Labute approximate surface area is 234 Å². The second kappa shape index (κ2) is 11.1. The molecule has 41 heavy (non-hydrogen) atoms. The second-order valence-corrected chi connectivity index (χ2v) is 10.7. The Kier molecular flexibility index (Phi) is 7.39. The van der Waals surface area contributed by atoms with Gasteiger partial charge in [-0.25, -0.2) is 23.1 Å². The maximum absolute atomic E-state index is 14.3. The third-order valence-electron chi connectivity index (χ3n) is 7.76. The molecule has 10 nitrogen and oxygen atoms in total. The molecule has 3 N–H and O–H groups in total. The number of rotatable bonds is 8. The fraction of sp³-hybridized carbons (Fsp3) is 0.429. The molecular formula is C28H31F3N8O2. The number of fused-ring (bicyclic) bond motifs is 1. The summed E-state index contributed by atoms with van der Waals surface area (Å²) in [5, 5.41) is 5.49. The van der Waals surface area contributed by atoms with Gasteiger partial charge in [0.2, 0.25) is 0 Å². The number of hydrogen-bond acceptors (Lipinski definition) is 7. The van der Waals surface area contributed by atoms with Crippen LogP contribution in [0.5, 0.6) is 5.75 Å². The number of carbonyl (C=O) groups excluding carboxylic acids is 1. The highest BCUT2D eigenvalue weighted by Crippen LogP contribution is 2.30. The van der Waals surface area contributed by atoms with Crippen LogP contribution in [0.4, 0.5) is 13.2 Å². The van der Waals surface area contributed by atoms with Gasteiger partial charge in [-0.3, -0.25) is 9.48 Å². The lowest BCUT2D eigenvalue weighted by Gasteiger charge is -2.34. The minimum Gasteiger partial charge on any atom is -0.490 e. The van der Waals surface area contributed by atoms with E-state index in [-0.39, 0.29) is 36.4 Å². The molecule has 0 radical (unpaired) electrons. The Balaban J connectivity index is 1.05. The summed E-state index contributed by atoms with van der Waals surface area (Å²) in [5.41, 5.74) is 8.60. The lowest BCUT2D eigenvalue weighted by molar-refractivity contribution is 0.0120. The Morgan fingerprint density at radius 1 is 1.20 bits per heavy atom. The van der Waals surface area contributed by atoms with Crippen molar-refractivity contribution in [1.29, 1.82) is 0 Å². The predicted octanol–water partition coefficient (Wildman–Crippen LogP) is 3.48. The molecule has 2 fully saturated rings. The third kappa shape index (κ3) is 5.91. The number of hydrogen-bond donors (Lipinski definition) is 2. The quantitative estimate of drug-likeness (QED) is 0.334. The van der Waals surface area contributed by atoms with Crippen molar-refractivity contribution < 1.29 is 22.7 Å². The molecule has 6 rings (SSSR count). The topological polar surface area (TPSA) is 118 Å². The van der Waals surface area contributed by atoms with Crippen LogP contribution < -0.4 is 10.5 Å². The van der Waals surface area contributed by atoms with E-state index in [0.717, 1.165) is 46.3 Å². The highest BCUT2D eigenvalue weighted by molar-refractivity contribution is 5.95. The summed E-state index contributed by atoms with van der Waals surface area (Å²) in [4.78, 5) is 27.8. The summed E-state index contributed by atoms with van der Waals surface area (Å²) in [6, 6.07) is 5.62.